The normalized spacial score (nSPS) is 24.2. The number of aromatic hydroxyl groups is 2. The number of hydrogen-bond donors (Lipinski definition) is 5. The molecule has 1 aromatic heterocycles. The summed E-state index contributed by atoms with van der Waals surface area (Å²) in [5.74, 6) is -1.03. The van der Waals surface area contributed by atoms with Crippen molar-refractivity contribution in [1.82, 2.24) is 0 Å². The number of fused-ring (bicyclic) bond motifs is 1. The molecule has 1 aliphatic heterocycles. The second-order valence-corrected chi connectivity index (χ2v) is 8.10. The number of phenols is 2. The molecule has 0 bridgehead atoms. The van der Waals surface area contributed by atoms with Gasteiger partial charge in [0.2, 0.25) is 6.29 Å². The first kappa shape index (κ1) is 25.2. The smallest absolute Gasteiger partial charge is 0.330 e. The molecule has 2 aromatic carbocycles. The van der Waals surface area contributed by atoms with Gasteiger partial charge in [0, 0.05) is 29.8 Å². The summed E-state index contributed by atoms with van der Waals surface area (Å²) in [6.45, 7) is 1.19. The number of aliphatic hydroxyl groups excluding tert-OH is 3. The number of ether oxygens (including phenoxy) is 3. The van der Waals surface area contributed by atoms with Crippen LogP contribution in [-0.2, 0) is 14.3 Å². The SMILES string of the molecule is C/C=C/C(=O)OCC1O[C@@H](Oc2cc(O)c3c(=O)cc(-c4ccc(O)cc4)oc3c2)C(O)[C@@H](O)[C@@H]1O. The average Bonchev–Trinajstić information content (AvgIpc) is 2.83. The summed E-state index contributed by atoms with van der Waals surface area (Å²) in [5.41, 5.74) is -0.0711. The number of carbonyl (C=O) groups excluding carboxylic acids is 1. The van der Waals surface area contributed by atoms with Gasteiger partial charge in [0.15, 0.2) is 5.43 Å². The number of hydrogen-bond acceptors (Lipinski definition) is 11. The van der Waals surface area contributed by atoms with E-state index in [1.807, 2.05) is 0 Å². The van der Waals surface area contributed by atoms with E-state index in [0.29, 0.717) is 5.56 Å². The van der Waals surface area contributed by atoms with Gasteiger partial charge < -0.3 is 44.2 Å². The van der Waals surface area contributed by atoms with Gasteiger partial charge in [-0.1, -0.05) is 6.08 Å². The fraction of sp³-hybridized carbons (Fsp3) is 0.280. The molecule has 1 saturated heterocycles. The minimum absolute atomic E-state index is 0.0310. The zero-order chi connectivity index (χ0) is 26.0. The van der Waals surface area contributed by atoms with Gasteiger partial charge in [0.25, 0.3) is 0 Å². The van der Waals surface area contributed by atoms with Gasteiger partial charge in [-0.3, -0.25) is 4.79 Å². The van der Waals surface area contributed by atoms with Crippen molar-refractivity contribution < 1.29 is 49.0 Å². The van der Waals surface area contributed by atoms with Crippen LogP contribution < -0.4 is 10.2 Å². The summed E-state index contributed by atoms with van der Waals surface area (Å²) >= 11 is 0. The molecule has 11 heteroatoms. The summed E-state index contributed by atoms with van der Waals surface area (Å²) in [6.07, 6.45) is -5.10. The Morgan fingerprint density at radius 2 is 1.75 bits per heavy atom. The van der Waals surface area contributed by atoms with Crippen molar-refractivity contribution in [3.63, 3.8) is 0 Å². The van der Waals surface area contributed by atoms with Crippen molar-refractivity contribution in [3.05, 3.63) is 64.8 Å². The monoisotopic (exact) mass is 500 g/mol. The van der Waals surface area contributed by atoms with Gasteiger partial charge in [-0.05, 0) is 31.2 Å². The van der Waals surface area contributed by atoms with Gasteiger partial charge in [-0.2, -0.15) is 0 Å². The highest BCUT2D eigenvalue weighted by Crippen LogP contribution is 2.33. The summed E-state index contributed by atoms with van der Waals surface area (Å²) < 4.78 is 21.9. The van der Waals surface area contributed by atoms with Crippen molar-refractivity contribution in [2.75, 3.05) is 6.61 Å². The van der Waals surface area contributed by atoms with Crippen LogP contribution in [0.25, 0.3) is 22.3 Å². The number of carbonyl (C=O) groups is 1. The van der Waals surface area contributed by atoms with E-state index in [4.69, 9.17) is 18.6 Å². The van der Waals surface area contributed by atoms with Crippen LogP contribution in [-0.4, -0.2) is 68.8 Å². The Kier molecular flexibility index (Phi) is 7.27. The van der Waals surface area contributed by atoms with E-state index in [1.54, 1.807) is 19.1 Å². The Labute approximate surface area is 204 Å². The van der Waals surface area contributed by atoms with Crippen LogP contribution in [0.5, 0.6) is 17.2 Å². The Hall–Kier alpha value is -3.90. The molecule has 1 aliphatic rings. The van der Waals surface area contributed by atoms with E-state index in [1.165, 1.54) is 30.3 Å². The Balaban J connectivity index is 1.61. The lowest BCUT2D eigenvalue weighted by atomic mass is 9.99. The molecule has 2 heterocycles. The van der Waals surface area contributed by atoms with E-state index < -0.39 is 54.5 Å². The predicted molar refractivity (Wildman–Crippen MR) is 124 cm³/mol. The van der Waals surface area contributed by atoms with Crippen LogP contribution in [0.2, 0.25) is 0 Å². The highest BCUT2D eigenvalue weighted by molar-refractivity contribution is 5.86. The van der Waals surface area contributed by atoms with Crippen LogP contribution in [0.4, 0.5) is 0 Å². The van der Waals surface area contributed by atoms with Crippen molar-refractivity contribution in [3.8, 4) is 28.6 Å². The first-order chi connectivity index (χ1) is 17.2. The summed E-state index contributed by atoms with van der Waals surface area (Å²) in [4.78, 5) is 24.2. The third-order valence-corrected chi connectivity index (χ3v) is 5.55. The van der Waals surface area contributed by atoms with Crippen molar-refractivity contribution in [2.24, 2.45) is 0 Å². The Morgan fingerprint density at radius 1 is 1.03 bits per heavy atom. The van der Waals surface area contributed by atoms with Gasteiger partial charge in [-0.15, -0.1) is 0 Å². The number of allylic oxidation sites excluding steroid dienone is 1. The molecule has 0 saturated carbocycles. The van der Waals surface area contributed by atoms with Crippen LogP contribution in [0, 0.1) is 0 Å². The van der Waals surface area contributed by atoms with E-state index in [0.717, 1.165) is 12.1 Å². The second kappa shape index (κ2) is 10.4. The lowest BCUT2D eigenvalue weighted by Gasteiger charge is -2.39. The Bertz CT molecular complexity index is 1330. The van der Waals surface area contributed by atoms with Crippen molar-refractivity contribution >= 4 is 16.9 Å². The minimum Gasteiger partial charge on any atom is -0.508 e. The van der Waals surface area contributed by atoms with Crippen molar-refractivity contribution in [2.45, 2.75) is 37.6 Å². The number of benzene rings is 2. The van der Waals surface area contributed by atoms with Gasteiger partial charge in [-0.25, -0.2) is 4.79 Å². The summed E-state index contributed by atoms with van der Waals surface area (Å²) in [5, 5.41) is 50.6. The molecule has 11 nitrogen and oxygen atoms in total. The summed E-state index contributed by atoms with van der Waals surface area (Å²) in [7, 11) is 0. The van der Waals surface area contributed by atoms with Gasteiger partial charge in [0.1, 0.15) is 65.0 Å². The van der Waals surface area contributed by atoms with Crippen LogP contribution in [0.15, 0.2) is 63.8 Å². The number of aliphatic hydroxyl groups is 3. The molecule has 2 unspecified atom stereocenters. The van der Waals surface area contributed by atoms with Crippen LogP contribution in [0.1, 0.15) is 6.92 Å². The first-order valence-corrected chi connectivity index (χ1v) is 10.9. The van der Waals surface area contributed by atoms with E-state index in [9.17, 15) is 35.1 Å². The number of esters is 1. The van der Waals surface area contributed by atoms with E-state index >= 15 is 0 Å². The maximum atomic E-state index is 12.6. The largest absolute Gasteiger partial charge is 0.508 e. The predicted octanol–water partition coefficient (Wildman–Crippen LogP) is 1.18. The third-order valence-electron chi connectivity index (χ3n) is 5.55. The molecule has 5 atom stereocenters. The van der Waals surface area contributed by atoms with Gasteiger partial charge >= 0.3 is 5.97 Å². The molecular formula is C25H24O11. The average molecular weight is 500 g/mol. The zero-order valence-corrected chi connectivity index (χ0v) is 19.0. The highest BCUT2D eigenvalue weighted by Gasteiger charge is 2.45. The summed E-state index contributed by atoms with van der Waals surface area (Å²) in [6, 6.07) is 9.52. The third kappa shape index (κ3) is 5.19. The molecule has 5 N–H and O–H groups in total. The lowest BCUT2D eigenvalue weighted by molar-refractivity contribution is -0.278. The molecule has 1 fully saturated rings. The van der Waals surface area contributed by atoms with Crippen LogP contribution >= 0.6 is 0 Å². The van der Waals surface area contributed by atoms with E-state index in [2.05, 4.69) is 0 Å². The maximum Gasteiger partial charge on any atom is 0.330 e. The topological polar surface area (TPSA) is 176 Å². The van der Waals surface area contributed by atoms with Crippen LogP contribution in [0.3, 0.4) is 0 Å². The molecule has 3 aromatic rings. The lowest BCUT2D eigenvalue weighted by Crippen LogP contribution is -2.60. The molecule has 0 aliphatic carbocycles. The second-order valence-electron chi connectivity index (χ2n) is 8.10. The molecule has 0 radical (unpaired) electrons. The Morgan fingerprint density at radius 3 is 2.44 bits per heavy atom. The minimum atomic E-state index is -1.70. The maximum absolute atomic E-state index is 12.6. The number of rotatable bonds is 6. The zero-order valence-electron chi connectivity index (χ0n) is 19.0. The quantitative estimate of drug-likeness (QED) is 0.243. The van der Waals surface area contributed by atoms with Gasteiger partial charge in [0.05, 0.1) is 0 Å². The number of phenolic OH excluding ortho intramolecular Hbond substituents is 2. The molecule has 36 heavy (non-hydrogen) atoms. The standard InChI is InChI=1S/C25H24O11/c1-2-3-20(29)33-11-19-22(30)23(31)24(32)25(36-19)34-14-8-15(27)21-16(28)10-17(35-18(21)9-14)12-4-6-13(26)7-5-12/h2-10,19,22-27,30-32H,11H2,1H3/b3-2+/t19?,22-,23+,24?,25-/m1/s1. The molecule has 0 spiro atoms. The molecular weight excluding hydrogens is 476 g/mol. The molecule has 4 rings (SSSR count). The molecule has 0 amide bonds. The van der Waals surface area contributed by atoms with E-state index in [-0.39, 0.29) is 28.2 Å². The fourth-order valence-electron chi connectivity index (χ4n) is 3.71. The van der Waals surface area contributed by atoms with Crippen molar-refractivity contribution in [1.29, 1.82) is 0 Å². The highest BCUT2D eigenvalue weighted by atomic mass is 16.7. The first-order valence-electron chi connectivity index (χ1n) is 10.9. The fourth-order valence-corrected chi connectivity index (χ4v) is 3.71. The molecule has 190 valence electrons.